The van der Waals surface area contributed by atoms with Crippen molar-refractivity contribution in [3.63, 3.8) is 0 Å². The Bertz CT molecular complexity index is 1100. The molecule has 2 amide bonds. The van der Waals surface area contributed by atoms with Crippen molar-refractivity contribution in [3.05, 3.63) is 47.8 Å². The average Bonchev–Trinajstić information content (AvgIpc) is 3.41. The van der Waals surface area contributed by atoms with Gasteiger partial charge in [-0.1, -0.05) is 0 Å². The normalized spacial score (nSPS) is 19.1. The number of hydrogen-bond acceptors (Lipinski definition) is 6. The molecule has 2 aliphatic rings. The number of urea groups is 1. The summed E-state index contributed by atoms with van der Waals surface area (Å²) in [4.78, 5) is 25.5. The van der Waals surface area contributed by atoms with Crippen molar-refractivity contribution in [1.82, 2.24) is 30.1 Å². The third kappa shape index (κ3) is 3.31. The third-order valence-corrected chi connectivity index (χ3v) is 5.31. The van der Waals surface area contributed by atoms with E-state index in [-0.39, 0.29) is 6.03 Å². The summed E-state index contributed by atoms with van der Waals surface area (Å²) in [6.45, 7) is 2.03. The van der Waals surface area contributed by atoms with Crippen molar-refractivity contribution < 1.29 is 13.6 Å². The quantitative estimate of drug-likeness (QED) is 0.697. The van der Waals surface area contributed by atoms with E-state index < -0.39 is 17.7 Å². The predicted molar refractivity (Wildman–Crippen MR) is 105 cm³/mol. The molecule has 1 atom stereocenters. The minimum absolute atomic E-state index is 0.289. The summed E-state index contributed by atoms with van der Waals surface area (Å²) < 4.78 is 27.3. The van der Waals surface area contributed by atoms with E-state index in [0.717, 1.165) is 11.5 Å². The Balaban J connectivity index is 1.27. The number of piperazine rings is 1. The smallest absolute Gasteiger partial charge is 0.337 e. The number of fused-ring (bicyclic) bond motifs is 1. The van der Waals surface area contributed by atoms with Gasteiger partial charge in [-0.3, -0.25) is 5.10 Å². The first kappa shape index (κ1) is 18.4. The van der Waals surface area contributed by atoms with Crippen LogP contribution in [-0.2, 0) is 0 Å². The molecular formula is C19H18F2N8O. The lowest BCUT2D eigenvalue weighted by molar-refractivity contribution is 0.139. The molecule has 30 heavy (non-hydrogen) atoms. The van der Waals surface area contributed by atoms with Gasteiger partial charge in [0.05, 0.1) is 17.6 Å². The number of rotatable bonds is 2. The lowest BCUT2D eigenvalue weighted by Gasteiger charge is -2.37. The number of aromatic amines is 1. The van der Waals surface area contributed by atoms with E-state index in [1.54, 1.807) is 23.5 Å². The fourth-order valence-electron chi connectivity index (χ4n) is 3.77. The molecule has 9 nitrogen and oxygen atoms in total. The predicted octanol–water partition coefficient (Wildman–Crippen LogP) is 2.31. The molecule has 2 aliphatic heterocycles. The van der Waals surface area contributed by atoms with Crippen LogP contribution in [0.5, 0.6) is 0 Å². The molecule has 0 spiro atoms. The molecule has 1 N–H and O–H groups in total. The molecule has 2 aromatic heterocycles. The highest BCUT2D eigenvalue weighted by Gasteiger charge is 2.33. The Hall–Kier alpha value is -3.63. The Kier molecular flexibility index (Phi) is 4.49. The molecule has 1 unspecified atom stereocenters. The number of carbonyl (C=O) groups is 1. The summed E-state index contributed by atoms with van der Waals surface area (Å²) in [6, 6.07) is 2.48. The second-order valence-electron chi connectivity index (χ2n) is 7.20. The molecule has 3 aromatic rings. The zero-order chi connectivity index (χ0) is 20.7. The van der Waals surface area contributed by atoms with Crippen LogP contribution in [-0.4, -0.2) is 68.5 Å². The van der Waals surface area contributed by atoms with E-state index in [0.29, 0.717) is 49.8 Å². The van der Waals surface area contributed by atoms with Gasteiger partial charge in [-0.25, -0.2) is 23.6 Å². The van der Waals surface area contributed by atoms with Crippen molar-refractivity contribution in [3.8, 4) is 0 Å². The van der Waals surface area contributed by atoms with Crippen LogP contribution in [0.1, 0.15) is 18.0 Å². The molecule has 0 bridgehead atoms. The highest BCUT2D eigenvalue weighted by atomic mass is 19.1. The first-order valence-electron chi connectivity index (χ1n) is 9.56. The van der Waals surface area contributed by atoms with Crippen molar-refractivity contribution >= 4 is 29.2 Å². The molecule has 0 aliphatic carbocycles. The number of amides is 2. The Morgan fingerprint density at radius 2 is 1.83 bits per heavy atom. The first-order chi connectivity index (χ1) is 14.6. The summed E-state index contributed by atoms with van der Waals surface area (Å²) in [6.07, 6.45) is 5.37. The SMILES string of the molecule is O=C(N1CCN(c2ncc3cn[nH]c3n2)CC1)N1N=CCC1c1cc(F)cc(F)c1. The van der Waals surface area contributed by atoms with Crippen molar-refractivity contribution in [2.45, 2.75) is 12.5 Å². The number of hydrogen-bond donors (Lipinski definition) is 1. The van der Waals surface area contributed by atoms with E-state index in [2.05, 4.69) is 25.3 Å². The first-order valence-corrected chi connectivity index (χ1v) is 9.56. The summed E-state index contributed by atoms with van der Waals surface area (Å²) in [5.41, 5.74) is 1.05. The maximum absolute atomic E-state index is 13.6. The third-order valence-electron chi connectivity index (χ3n) is 5.31. The largest absolute Gasteiger partial charge is 0.341 e. The number of halogens is 2. The van der Waals surface area contributed by atoms with Crippen LogP contribution in [0.15, 0.2) is 35.7 Å². The molecule has 1 aromatic carbocycles. The number of benzene rings is 1. The maximum Gasteiger partial charge on any atom is 0.341 e. The Labute approximate surface area is 170 Å². The van der Waals surface area contributed by atoms with Crippen LogP contribution in [0.25, 0.3) is 11.0 Å². The van der Waals surface area contributed by atoms with E-state index in [1.807, 2.05) is 4.90 Å². The summed E-state index contributed by atoms with van der Waals surface area (Å²) in [7, 11) is 0. The van der Waals surface area contributed by atoms with E-state index in [9.17, 15) is 13.6 Å². The zero-order valence-electron chi connectivity index (χ0n) is 15.9. The summed E-state index contributed by atoms with van der Waals surface area (Å²) in [5, 5.41) is 13.1. The fourth-order valence-corrected chi connectivity index (χ4v) is 3.77. The molecule has 0 saturated carbocycles. The van der Waals surface area contributed by atoms with Gasteiger partial charge in [-0.05, 0) is 17.7 Å². The summed E-state index contributed by atoms with van der Waals surface area (Å²) in [5.74, 6) is -0.773. The van der Waals surface area contributed by atoms with Crippen molar-refractivity contribution in [2.75, 3.05) is 31.1 Å². The minimum Gasteiger partial charge on any atom is -0.337 e. The van der Waals surface area contributed by atoms with Gasteiger partial charge in [0.15, 0.2) is 5.65 Å². The minimum atomic E-state index is -0.674. The monoisotopic (exact) mass is 412 g/mol. The second kappa shape index (κ2) is 7.32. The van der Waals surface area contributed by atoms with Crippen LogP contribution in [0.3, 0.4) is 0 Å². The molecule has 4 heterocycles. The van der Waals surface area contributed by atoms with Gasteiger partial charge in [0.25, 0.3) is 0 Å². The van der Waals surface area contributed by atoms with Gasteiger partial charge < -0.3 is 9.80 Å². The van der Waals surface area contributed by atoms with Gasteiger partial charge in [-0.2, -0.15) is 15.2 Å². The average molecular weight is 412 g/mol. The number of nitrogens with zero attached hydrogens (tertiary/aromatic N) is 7. The van der Waals surface area contributed by atoms with E-state index >= 15 is 0 Å². The van der Waals surface area contributed by atoms with Crippen LogP contribution in [0.4, 0.5) is 19.5 Å². The highest BCUT2D eigenvalue weighted by Crippen LogP contribution is 2.30. The van der Waals surface area contributed by atoms with Crippen molar-refractivity contribution in [2.24, 2.45) is 5.10 Å². The lowest BCUT2D eigenvalue weighted by atomic mass is 10.0. The highest BCUT2D eigenvalue weighted by molar-refractivity contribution is 5.79. The zero-order valence-corrected chi connectivity index (χ0v) is 15.9. The molecule has 1 fully saturated rings. The van der Waals surface area contributed by atoms with E-state index in [1.165, 1.54) is 17.1 Å². The van der Waals surface area contributed by atoms with Crippen LogP contribution in [0.2, 0.25) is 0 Å². The fraction of sp³-hybridized carbons (Fsp3) is 0.316. The van der Waals surface area contributed by atoms with Gasteiger partial charge >= 0.3 is 6.03 Å². The number of H-pyrrole nitrogens is 1. The molecular weight excluding hydrogens is 394 g/mol. The number of hydrazone groups is 1. The van der Waals surface area contributed by atoms with Gasteiger partial charge in [0.1, 0.15) is 11.6 Å². The Morgan fingerprint density at radius 1 is 1.07 bits per heavy atom. The van der Waals surface area contributed by atoms with Crippen LogP contribution < -0.4 is 4.90 Å². The Morgan fingerprint density at radius 3 is 2.60 bits per heavy atom. The topological polar surface area (TPSA) is 93.6 Å². The van der Waals surface area contributed by atoms with Gasteiger partial charge in [0, 0.05) is 51.1 Å². The molecule has 154 valence electrons. The standard InChI is InChI=1S/C19H18F2N8O/c20-14-7-12(8-15(21)9-14)16-1-2-24-29(16)19(30)28-5-3-27(4-6-28)18-22-10-13-11-23-26-17(13)25-18/h2,7-11,16H,1,3-6H2,(H,22,23,25,26). The van der Waals surface area contributed by atoms with Gasteiger partial charge in [-0.15, -0.1) is 0 Å². The van der Waals surface area contributed by atoms with E-state index in [4.69, 9.17) is 0 Å². The molecule has 0 radical (unpaired) electrons. The number of aromatic nitrogens is 4. The lowest BCUT2D eigenvalue weighted by Crippen LogP contribution is -2.52. The van der Waals surface area contributed by atoms with Crippen LogP contribution >= 0.6 is 0 Å². The second-order valence-corrected chi connectivity index (χ2v) is 7.20. The van der Waals surface area contributed by atoms with Gasteiger partial charge in [0.2, 0.25) is 5.95 Å². The molecule has 1 saturated heterocycles. The van der Waals surface area contributed by atoms with Crippen LogP contribution in [0, 0.1) is 11.6 Å². The maximum atomic E-state index is 13.6. The summed E-state index contributed by atoms with van der Waals surface area (Å²) >= 11 is 0. The number of carbonyl (C=O) groups excluding carboxylic acids is 1. The number of nitrogens with one attached hydrogen (secondary N) is 1. The van der Waals surface area contributed by atoms with Crippen molar-refractivity contribution in [1.29, 1.82) is 0 Å². The molecule has 5 rings (SSSR count). The molecule has 11 heteroatoms. The number of anilines is 1.